The van der Waals surface area contributed by atoms with Gasteiger partial charge in [-0.25, -0.2) is 0 Å². The van der Waals surface area contributed by atoms with Crippen LogP contribution in [0.1, 0.15) is 56.1 Å². The highest BCUT2D eigenvalue weighted by Crippen LogP contribution is 2.37. The minimum atomic E-state index is 0.825. The zero-order valence-electron chi connectivity index (χ0n) is 9.63. The molecule has 0 aromatic heterocycles. The van der Waals surface area contributed by atoms with Gasteiger partial charge in [0.05, 0.1) is 0 Å². The minimum absolute atomic E-state index is 0.825. The molecule has 1 aromatic carbocycles. The van der Waals surface area contributed by atoms with Crippen LogP contribution < -0.4 is 5.73 Å². The Morgan fingerprint density at radius 2 is 2.13 bits per heavy atom. The van der Waals surface area contributed by atoms with E-state index in [1.807, 2.05) is 0 Å². The van der Waals surface area contributed by atoms with Gasteiger partial charge in [0.25, 0.3) is 0 Å². The van der Waals surface area contributed by atoms with E-state index in [2.05, 4.69) is 25.1 Å². The van der Waals surface area contributed by atoms with Gasteiger partial charge in [-0.2, -0.15) is 0 Å². The van der Waals surface area contributed by atoms with Gasteiger partial charge in [-0.1, -0.05) is 31.9 Å². The lowest BCUT2D eigenvalue weighted by Crippen LogP contribution is -2.09. The normalized spacial score (nSPS) is 16.3. The van der Waals surface area contributed by atoms with Crippen LogP contribution in [0, 0.1) is 0 Å². The summed E-state index contributed by atoms with van der Waals surface area (Å²) in [5, 5.41) is 0. The van der Waals surface area contributed by atoms with Crippen LogP contribution in [0.2, 0.25) is 0 Å². The van der Waals surface area contributed by atoms with Gasteiger partial charge in [0, 0.05) is 5.69 Å². The average Bonchev–Trinajstić information content (AvgIpc) is 2.16. The first-order chi connectivity index (χ1) is 7.31. The molecule has 0 saturated heterocycles. The second-order valence-corrected chi connectivity index (χ2v) is 4.69. The van der Waals surface area contributed by atoms with Crippen molar-refractivity contribution in [2.45, 2.75) is 51.4 Å². The highest BCUT2D eigenvalue weighted by molar-refractivity contribution is 5.49. The Kier molecular flexibility index (Phi) is 3.30. The number of hydrogen-bond acceptors (Lipinski definition) is 1. The molecule has 2 N–H and O–H groups in total. The van der Waals surface area contributed by atoms with Crippen molar-refractivity contribution in [1.29, 1.82) is 0 Å². The van der Waals surface area contributed by atoms with E-state index < -0.39 is 0 Å². The first-order valence-electron chi connectivity index (χ1n) is 6.19. The van der Waals surface area contributed by atoms with Crippen LogP contribution in [0.5, 0.6) is 0 Å². The van der Waals surface area contributed by atoms with Crippen molar-refractivity contribution in [2.75, 3.05) is 5.73 Å². The Labute approximate surface area is 92.7 Å². The van der Waals surface area contributed by atoms with Crippen molar-refractivity contribution in [3.8, 4) is 0 Å². The number of anilines is 1. The van der Waals surface area contributed by atoms with E-state index in [0.717, 1.165) is 18.0 Å². The predicted octanol–water partition coefficient (Wildman–Crippen LogP) is 3.88. The molecule has 82 valence electrons. The monoisotopic (exact) mass is 203 g/mol. The third-order valence-corrected chi connectivity index (χ3v) is 3.54. The Bertz CT molecular complexity index is 326. The number of benzene rings is 1. The minimum Gasteiger partial charge on any atom is -0.399 e. The van der Waals surface area contributed by atoms with Gasteiger partial charge in [0.1, 0.15) is 0 Å². The summed E-state index contributed by atoms with van der Waals surface area (Å²) >= 11 is 0. The molecule has 1 aromatic rings. The summed E-state index contributed by atoms with van der Waals surface area (Å²) in [5.41, 5.74) is 9.85. The lowest BCUT2D eigenvalue weighted by Gasteiger charge is -2.26. The molecule has 1 heteroatoms. The Balaban J connectivity index is 2.12. The molecule has 0 aliphatic heterocycles. The molecule has 1 saturated carbocycles. The maximum absolute atomic E-state index is 5.99. The fraction of sp³-hybridized carbons (Fsp3) is 0.571. The van der Waals surface area contributed by atoms with E-state index in [9.17, 15) is 0 Å². The Morgan fingerprint density at radius 3 is 2.73 bits per heavy atom. The highest BCUT2D eigenvalue weighted by atomic mass is 14.6. The van der Waals surface area contributed by atoms with Crippen LogP contribution in [0.25, 0.3) is 0 Å². The van der Waals surface area contributed by atoms with Crippen molar-refractivity contribution in [1.82, 2.24) is 0 Å². The van der Waals surface area contributed by atoms with Crippen molar-refractivity contribution < 1.29 is 0 Å². The molecule has 1 fully saturated rings. The van der Waals surface area contributed by atoms with Crippen LogP contribution in [-0.2, 0) is 6.42 Å². The lowest BCUT2D eigenvalue weighted by atomic mass is 9.79. The summed E-state index contributed by atoms with van der Waals surface area (Å²) in [4.78, 5) is 0. The summed E-state index contributed by atoms with van der Waals surface area (Å²) in [6.07, 6.45) is 7.78. The Hall–Kier alpha value is -0.980. The van der Waals surface area contributed by atoms with Gasteiger partial charge in [-0.3, -0.25) is 0 Å². The van der Waals surface area contributed by atoms with Crippen molar-refractivity contribution >= 4 is 5.69 Å². The number of aryl methyl sites for hydroxylation is 1. The molecule has 0 bridgehead atoms. The molecule has 0 amide bonds. The zero-order valence-corrected chi connectivity index (χ0v) is 9.63. The van der Waals surface area contributed by atoms with E-state index in [0.29, 0.717) is 0 Å². The molecule has 0 heterocycles. The second-order valence-electron chi connectivity index (χ2n) is 4.69. The first-order valence-corrected chi connectivity index (χ1v) is 6.19. The summed E-state index contributed by atoms with van der Waals surface area (Å²) in [6, 6.07) is 6.65. The van der Waals surface area contributed by atoms with Crippen molar-refractivity contribution in [2.24, 2.45) is 0 Å². The third kappa shape index (κ3) is 2.34. The quantitative estimate of drug-likeness (QED) is 0.738. The second kappa shape index (κ2) is 4.69. The molecular weight excluding hydrogens is 182 g/mol. The summed E-state index contributed by atoms with van der Waals surface area (Å²) in [6.45, 7) is 2.23. The highest BCUT2D eigenvalue weighted by Gasteiger charge is 2.19. The van der Waals surface area contributed by atoms with Crippen LogP contribution >= 0.6 is 0 Å². The van der Waals surface area contributed by atoms with Gasteiger partial charge in [0.2, 0.25) is 0 Å². The molecule has 0 atom stereocenters. The van der Waals surface area contributed by atoms with Gasteiger partial charge < -0.3 is 5.73 Å². The fourth-order valence-corrected chi connectivity index (χ4v) is 2.20. The maximum Gasteiger partial charge on any atom is 0.0346 e. The van der Waals surface area contributed by atoms with Crippen molar-refractivity contribution in [3.05, 3.63) is 29.3 Å². The average molecular weight is 203 g/mol. The van der Waals surface area contributed by atoms with E-state index in [4.69, 9.17) is 5.73 Å². The van der Waals surface area contributed by atoms with E-state index in [1.54, 1.807) is 0 Å². The smallest absolute Gasteiger partial charge is 0.0346 e. The molecule has 0 spiro atoms. The largest absolute Gasteiger partial charge is 0.399 e. The zero-order chi connectivity index (χ0) is 10.7. The van der Waals surface area contributed by atoms with Gasteiger partial charge in [-0.15, -0.1) is 0 Å². The molecule has 0 radical (unpaired) electrons. The first kappa shape index (κ1) is 10.5. The topological polar surface area (TPSA) is 26.0 Å². The van der Waals surface area contributed by atoms with E-state index >= 15 is 0 Å². The maximum atomic E-state index is 5.99. The van der Waals surface area contributed by atoms with Crippen molar-refractivity contribution in [3.63, 3.8) is 0 Å². The molecule has 1 aliphatic carbocycles. The van der Waals surface area contributed by atoms with Crippen LogP contribution in [0.3, 0.4) is 0 Å². The van der Waals surface area contributed by atoms with Gasteiger partial charge in [0.15, 0.2) is 0 Å². The predicted molar refractivity (Wildman–Crippen MR) is 66.1 cm³/mol. The number of unbranched alkanes of at least 4 members (excludes halogenated alkanes) is 1. The number of rotatable bonds is 4. The summed E-state index contributed by atoms with van der Waals surface area (Å²) in [5.74, 6) is 0.825. The molecular formula is C14H21N. The third-order valence-electron chi connectivity index (χ3n) is 3.54. The van der Waals surface area contributed by atoms with Gasteiger partial charge in [-0.05, 0) is 48.8 Å². The number of hydrogen-bond donors (Lipinski definition) is 1. The molecule has 15 heavy (non-hydrogen) atoms. The summed E-state index contributed by atoms with van der Waals surface area (Å²) < 4.78 is 0. The number of nitrogen functional groups attached to an aromatic ring is 1. The van der Waals surface area contributed by atoms with Crippen LogP contribution in [0.15, 0.2) is 18.2 Å². The van der Waals surface area contributed by atoms with E-state index in [1.165, 1.54) is 43.2 Å². The van der Waals surface area contributed by atoms with Gasteiger partial charge >= 0.3 is 0 Å². The molecule has 1 nitrogen and oxygen atoms in total. The molecule has 1 aliphatic rings. The van der Waals surface area contributed by atoms with E-state index in [-0.39, 0.29) is 0 Å². The fourth-order valence-electron chi connectivity index (χ4n) is 2.20. The number of nitrogens with two attached hydrogens (primary N) is 1. The Morgan fingerprint density at radius 1 is 1.33 bits per heavy atom. The van der Waals surface area contributed by atoms with Crippen LogP contribution in [0.4, 0.5) is 5.69 Å². The molecule has 2 rings (SSSR count). The SMILES string of the molecule is CCCCc1cc(C2CCC2)ccc1N. The standard InChI is InChI=1S/C14H21N/c1-2-3-5-13-10-12(8-9-14(13)15)11-6-4-7-11/h8-11H,2-7,15H2,1H3. The van der Waals surface area contributed by atoms with Crippen LogP contribution in [-0.4, -0.2) is 0 Å². The molecule has 0 unspecified atom stereocenters. The summed E-state index contributed by atoms with van der Waals surface area (Å²) in [7, 11) is 0. The lowest BCUT2D eigenvalue weighted by molar-refractivity contribution is 0.419.